The predicted molar refractivity (Wildman–Crippen MR) is 110 cm³/mol. The summed E-state index contributed by atoms with van der Waals surface area (Å²) in [4.78, 5) is 25.6. The molecular formula is C22H21N3O4. The molecule has 2 N–H and O–H groups in total. The molecule has 2 heterocycles. The molecular weight excluding hydrogens is 370 g/mol. The first kappa shape index (κ1) is 18.6. The maximum absolute atomic E-state index is 11.9. The van der Waals surface area contributed by atoms with Crippen LogP contribution in [0.4, 0.5) is 11.4 Å². The Hall–Kier alpha value is -3.74. The number of aromatic nitrogens is 1. The minimum absolute atomic E-state index is 0.196. The number of benzene rings is 2. The van der Waals surface area contributed by atoms with Crippen LogP contribution in [0.5, 0.6) is 11.5 Å². The summed E-state index contributed by atoms with van der Waals surface area (Å²) < 4.78 is 8.00. The Morgan fingerprint density at radius 1 is 0.966 bits per heavy atom. The molecule has 7 heteroatoms. The molecule has 0 saturated carbocycles. The standard InChI is InChI=1S/C22H21N3O4/c1-15(26)23-17-7-2-3-8-18(17)29-19-10-9-16(22(27)28)20(24-11-4-5-12-24)21(19)25-13-6-14-25/h2-5,7-12H,6,13-14H2,1H3,(H,23,26)(H,27,28). The van der Waals surface area contributed by atoms with Crippen LogP contribution < -0.4 is 15.0 Å². The number of ether oxygens (including phenoxy) is 1. The summed E-state index contributed by atoms with van der Waals surface area (Å²) in [5.74, 6) is -0.166. The van der Waals surface area contributed by atoms with E-state index >= 15 is 0 Å². The lowest BCUT2D eigenvalue weighted by Crippen LogP contribution is -2.38. The van der Waals surface area contributed by atoms with Crippen molar-refractivity contribution in [2.75, 3.05) is 23.3 Å². The average Bonchev–Trinajstić information content (AvgIpc) is 3.16. The van der Waals surface area contributed by atoms with E-state index in [9.17, 15) is 14.7 Å². The van der Waals surface area contributed by atoms with E-state index in [1.165, 1.54) is 6.92 Å². The quantitative estimate of drug-likeness (QED) is 0.660. The smallest absolute Gasteiger partial charge is 0.337 e. The maximum Gasteiger partial charge on any atom is 0.337 e. The first-order valence-corrected chi connectivity index (χ1v) is 9.37. The Labute approximate surface area is 168 Å². The Morgan fingerprint density at radius 3 is 2.31 bits per heavy atom. The van der Waals surface area contributed by atoms with Crippen LogP contribution in [0.25, 0.3) is 5.69 Å². The van der Waals surface area contributed by atoms with Gasteiger partial charge in [-0.1, -0.05) is 12.1 Å². The van der Waals surface area contributed by atoms with Gasteiger partial charge in [-0.05, 0) is 42.8 Å². The monoisotopic (exact) mass is 391 g/mol. The van der Waals surface area contributed by atoms with Crippen LogP contribution in [-0.2, 0) is 4.79 Å². The molecule has 1 saturated heterocycles. The van der Waals surface area contributed by atoms with Gasteiger partial charge in [0.15, 0.2) is 11.5 Å². The maximum atomic E-state index is 11.9. The zero-order valence-electron chi connectivity index (χ0n) is 16.0. The summed E-state index contributed by atoms with van der Waals surface area (Å²) in [6.07, 6.45) is 4.67. The van der Waals surface area contributed by atoms with Crippen molar-refractivity contribution in [2.24, 2.45) is 0 Å². The van der Waals surface area contributed by atoms with Gasteiger partial charge in [-0.2, -0.15) is 0 Å². The highest BCUT2D eigenvalue weighted by molar-refractivity contribution is 5.97. The van der Waals surface area contributed by atoms with Crippen molar-refractivity contribution in [3.63, 3.8) is 0 Å². The molecule has 7 nitrogen and oxygen atoms in total. The van der Waals surface area contributed by atoms with E-state index in [0.717, 1.165) is 25.2 Å². The topological polar surface area (TPSA) is 83.8 Å². The number of rotatable bonds is 6. The number of carbonyl (C=O) groups is 2. The molecule has 1 aliphatic rings. The number of hydrogen-bond donors (Lipinski definition) is 2. The SMILES string of the molecule is CC(=O)Nc1ccccc1Oc1ccc(C(=O)O)c(-n2cccc2)c1N1CCC1. The number of carboxylic acid groups (broad SMARTS) is 1. The van der Waals surface area contributed by atoms with Crippen molar-refractivity contribution in [3.05, 3.63) is 66.5 Å². The van der Waals surface area contributed by atoms with Crippen molar-refractivity contribution in [1.82, 2.24) is 4.57 Å². The molecule has 0 bridgehead atoms. The fourth-order valence-electron chi connectivity index (χ4n) is 3.37. The minimum atomic E-state index is -0.999. The molecule has 2 aromatic carbocycles. The normalized spacial score (nSPS) is 12.9. The van der Waals surface area contributed by atoms with Gasteiger partial charge in [-0.3, -0.25) is 4.79 Å². The number of nitrogens with zero attached hydrogens (tertiary/aromatic N) is 2. The van der Waals surface area contributed by atoms with E-state index in [0.29, 0.717) is 22.9 Å². The summed E-state index contributed by atoms with van der Waals surface area (Å²) in [7, 11) is 0. The van der Waals surface area contributed by atoms with Gasteiger partial charge in [-0.25, -0.2) is 4.79 Å². The van der Waals surface area contributed by atoms with Crippen molar-refractivity contribution >= 4 is 23.3 Å². The number of para-hydroxylation sites is 2. The van der Waals surface area contributed by atoms with Crippen molar-refractivity contribution in [2.45, 2.75) is 13.3 Å². The van der Waals surface area contributed by atoms with Crippen LogP contribution >= 0.6 is 0 Å². The van der Waals surface area contributed by atoms with Crippen LogP contribution in [0.1, 0.15) is 23.7 Å². The molecule has 4 rings (SSSR count). The number of carboxylic acids is 1. The van der Waals surface area contributed by atoms with Gasteiger partial charge in [-0.15, -0.1) is 0 Å². The van der Waals surface area contributed by atoms with Gasteiger partial charge in [0.1, 0.15) is 5.69 Å². The lowest BCUT2D eigenvalue weighted by molar-refractivity contribution is -0.114. The summed E-state index contributed by atoms with van der Waals surface area (Å²) in [5.41, 5.74) is 2.05. The Morgan fingerprint density at radius 2 is 1.69 bits per heavy atom. The lowest BCUT2D eigenvalue weighted by atomic mass is 10.1. The minimum Gasteiger partial charge on any atom is -0.478 e. The van der Waals surface area contributed by atoms with Crippen molar-refractivity contribution in [3.8, 4) is 17.2 Å². The zero-order valence-corrected chi connectivity index (χ0v) is 16.0. The van der Waals surface area contributed by atoms with Crippen LogP contribution in [0.15, 0.2) is 60.9 Å². The Kier molecular flexibility index (Phi) is 4.95. The average molecular weight is 391 g/mol. The number of hydrogen-bond acceptors (Lipinski definition) is 4. The first-order valence-electron chi connectivity index (χ1n) is 9.37. The molecule has 0 aliphatic carbocycles. The molecule has 1 aromatic heterocycles. The molecule has 29 heavy (non-hydrogen) atoms. The molecule has 0 atom stereocenters. The summed E-state index contributed by atoms with van der Waals surface area (Å²) >= 11 is 0. The van der Waals surface area contributed by atoms with Crippen LogP contribution in [0.2, 0.25) is 0 Å². The van der Waals surface area contributed by atoms with Crippen molar-refractivity contribution in [1.29, 1.82) is 0 Å². The molecule has 1 amide bonds. The van der Waals surface area contributed by atoms with Gasteiger partial charge in [0, 0.05) is 32.4 Å². The third-order valence-corrected chi connectivity index (χ3v) is 4.80. The summed E-state index contributed by atoms with van der Waals surface area (Å²) in [6, 6.07) is 14.1. The number of aromatic carboxylic acids is 1. The third kappa shape index (κ3) is 3.67. The molecule has 148 valence electrons. The zero-order chi connectivity index (χ0) is 20.4. The number of amides is 1. The summed E-state index contributed by atoms with van der Waals surface area (Å²) in [5, 5.41) is 12.5. The van der Waals surface area contributed by atoms with Crippen LogP contribution in [-0.4, -0.2) is 34.6 Å². The van der Waals surface area contributed by atoms with E-state index in [1.807, 2.05) is 36.7 Å². The fourth-order valence-corrected chi connectivity index (χ4v) is 3.37. The molecule has 3 aromatic rings. The van der Waals surface area contributed by atoms with E-state index in [1.54, 1.807) is 28.8 Å². The van der Waals surface area contributed by atoms with Gasteiger partial charge in [0.05, 0.1) is 16.9 Å². The van der Waals surface area contributed by atoms with E-state index in [2.05, 4.69) is 10.2 Å². The second-order valence-electron chi connectivity index (χ2n) is 6.82. The Bertz CT molecular complexity index is 1060. The third-order valence-electron chi connectivity index (χ3n) is 4.80. The number of carbonyl (C=O) groups excluding carboxylic acids is 1. The first-order chi connectivity index (χ1) is 14.0. The number of nitrogens with one attached hydrogen (secondary N) is 1. The highest BCUT2D eigenvalue weighted by atomic mass is 16.5. The van der Waals surface area contributed by atoms with E-state index in [-0.39, 0.29) is 11.5 Å². The Balaban J connectivity index is 1.86. The second-order valence-corrected chi connectivity index (χ2v) is 6.82. The van der Waals surface area contributed by atoms with Crippen LogP contribution in [0.3, 0.4) is 0 Å². The van der Waals surface area contributed by atoms with Crippen LogP contribution in [0, 0.1) is 0 Å². The van der Waals surface area contributed by atoms with Crippen molar-refractivity contribution < 1.29 is 19.4 Å². The van der Waals surface area contributed by atoms with Gasteiger partial charge in [0.25, 0.3) is 0 Å². The highest BCUT2D eigenvalue weighted by Crippen LogP contribution is 2.43. The molecule has 0 spiro atoms. The highest BCUT2D eigenvalue weighted by Gasteiger charge is 2.27. The molecule has 0 unspecified atom stereocenters. The predicted octanol–water partition coefficient (Wildman–Crippen LogP) is 4.14. The fraction of sp³-hybridized carbons (Fsp3) is 0.182. The van der Waals surface area contributed by atoms with Gasteiger partial charge < -0.3 is 24.6 Å². The largest absolute Gasteiger partial charge is 0.478 e. The van der Waals surface area contributed by atoms with Gasteiger partial charge in [0.2, 0.25) is 5.91 Å². The van der Waals surface area contributed by atoms with E-state index in [4.69, 9.17) is 4.74 Å². The summed E-state index contributed by atoms with van der Waals surface area (Å²) in [6.45, 7) is 3.08. The lowest BCUT2D eigenvalue weighted by Gasteiger charge is -2.36. The molecule has 1 fully saturated rings. The second kappa shape index (κ2) is 7.71. The van der Waals surface area contributed by atoms with Gasteiger partial charge >= 0.3 is 5.97 Å². The molecule has 0 radical (unpaired) electrons. The molecule has 1 aliphatic heterocycles. The number of anilines is 2. The van der Waals surface area contributed by atoms with E-state index < -0.39 is 5.97 Å².